The lowest BCUT2D eigenvalue weighted by molar-refractivity contribution is 0.335. The number of hydrogen-bond donors (Lipinski definition) is 0. The van der Waals surface area contributed by atoms with Crippen molar-refractivity contribution in [3.63, 3.8) is 0 Å². The molecule has 0 aromatic heterocycles. The van der Waals surface area contributed by atoms with Crippen LogP contribution in [0.2, 0.25) is 0 Å². The van der Waals surface area contributed by atoms with E-state index in [2.05, 4.69) is 27.7 Å². The first-order valence-electron chi connectivity index (χ1n) is 10.7. The molecule has 0 aromatic rings. The molecule has 2 fully saturated rings. The Morgan fingerprint density at radius 3 is 1.91 bits per heavy atom. The van der Waals surface area contributed by atoms with E-state index in [1.165, 1.54) is 64.2 Å². The van der Waals surface area contributed by atoms with Crippen LogP contribution in [-0.2, 0) is 0 Å². The summed E-state index contributed by atoms with van der Waals surface area (Å²) in [5, 5.41) is 0. The molecule has 0 aliphatic heterocycles. The minimum Gasteiger partial charge on any atom is -0.0654 e. The second-order valence-electron chi connectivity index (χ2n) is 8.82. The smallest absolute Gasteiger partial charge is 0.0321 e. The Labute approximate surface area is 140 Å². The van der Waals surface area contributed by atoms with E-state index in [-0.39, 0.29) is 0 Å². The fourth-order valence-electron chi connectivity index (χ4n) is 5.73. The highest BCUT2D eigenvalue weighted by Crippen LogP contribution is 2.61. The summed E-state index contributed by atoms with van der Waals surface area (Å²) in [7, 11) is 0. The van der Waals surface area contributed by atoms with Gasteiger partial charge >= 0.3 is 0 Å². The van der Waals surface area contributed by atoms with Crippen LogP contribution in [0.3, 0.4) is 0 Å². The summed E-state index contributed by atoms with van der Waals surface area (Å²) < 4.78 is 0. The normalized spacial score (nSPS) is 37.6. The van der Waals surface area contributed by atoms with Crippen molar-refractivity contribution < 1.29 is 0 Å². The molecule has 0 spiro atoms. The van der Waals surface area contributed by atoms with Crippen LogP contribution in [0.4, 0.5) is 0 Å². The molecule has 22 heavy (non-hydrogen) atoms. The molecule has 0 amide bonds. The van der Waals surface area contributed by atoms with Gasteiger partial charge < -0.3 is 0 Å². The van der Waals surface area contributed by atoms with E-state index in [9.17, 15) is 0 Å². The monoisotopic (exact) mass is 306 g/mol. The molecular formula is C22H42. The van der Waals surface area contributed by atoms with Crippen LogP contribution < -0.4 is 0 Å². The second kappa shape index (κ2) is 9.33. The van der Waals surface area contributed by atoms with Crippen molar-refractivity contribution in [2.45, 2.75) is 105 Å². The lowest BCUT2D eigenvalue weighted by atomic mass is 9.90. The Bertz CT molecular complexity index is 294. The standard InChI is InChI=1S/C22H42/c1-5-7-8-9-10-11-12-14-20-19(13-6-2)22(20)21-16-17(3)15-18(21)4/h17-22H,5-16H2,1-4H3/t17?,18-,19?,20?,21?,22?/m0/s1. The first kappa shape index (κ1) is 18.3. The Morgan fingerprint density at radius 1 is 0.682 bits per heavy atom. The third kappa shape index (κ3) is 5.00. The molecule has 0 saturated heterocycles. The van der Waals surface area contributed by atoms with Crippen LogP contribution in [0.1, 0.15) is 105 Å². The zero-order chi connectivity index (χ0) is 15.9. The van der Waals surface area contributed by atoms with Crippen LogP contribution in [0.25, 0.3) is 0 Å². The number of rotatable bonds is 11. The van der Waals surface area contributed by atoms with Crippen LogP contribution >= 0.6 is 0 Å². The highest BCUT2D eigenvalue weighted by molar-refractivity contribution is 5.02. The van der Waals surface area contributed by atoms with Gasteiger partial charge in [-0.1, -0.05) is 85.5 Å². The van der Waals surface area contributed by atoms with Gasteiger partial charge in [-0.15, -0.1) is 0 Å². The van der Waals surface area contributed by atoms with E-state index in [0.717, 1.165) is 35.5 Å². The summed E-state index contributed by atoms with van der Waals surface area (Å²) in [6, 6.07) is 0. The summed E-state index contributed by atoms with van der Waals surface area (Å²) in [4.78, 5) is 0. The van der Waals surface area contributed by atoms with E-state index in [1.54, 1.807) is 12.8 Å². The highest BCUT2D eigenvalue weighted by Gasteiger charge is 2.54. The summed E-state index contributed by atoms with van der Waals surface area (Å²) in [5.74, 6) is 6.46. The molecule has 0 bridgehead atoms. The molecule has 2 aliphatic rings. The highest BCUT2D eigenvalue weighted by atomic mass is 14.6. The lowest BCUT2D eigenvalue weighted by Crippen LogP contribution is -2.08. The van der Waals surface area contributed by atoms with E-state index < -0.39 is 0 Å². The summed E-state index contributed by atoms with van der Waals surface area (Å²) >= 11 is 0. The minimum atomic E-state index is 1.00. The largest absolute Gasteiger partial charge is 0.0654 e. The van der Waals surface area contributed by atoms with Crippen molar-refractivity contribution in [1.82, 2.24) is 0 Å². The van der Waals surface area contributed by atoms with Gasteiger partial charge in [-0.2, -0.15) is 0 Å². The molecule has 0 heterocycles. The average molecular weight is 307 g/mol. The number of hydrogen-bond acceptors (Lipinski definition) is 0. The van der Waals surface area contributed by atoms with Crippen molar-refractivity contribution in [3.05, 3.63) is 0 Å². The Hall–Kier alpha value is 0. The van der Waals surface area contributed by atoms with E-state index in [4.69, 9.17) is 0 Å². The maximum absolute atomic E-state index is 2.54. The zero-order valence-electron chi connectivity index (χ0n) is 15.9. The van der Waals surface area contributed by atoms with Crippen molar-refractivity contribution in [2.24, 2.45) is 35.5 Å². The molecule has 0 N–H and O–H groups in total. The molecule has 6 atom stereocenters. The molecule has 0 radical (unpaired) electrons. The van der Waals surface area contributed by atoms with Crippen LogP contribution in [-0.4, -0.2) is 0 Å². The molecule has 0 heteroatoms. The van der Waals surface area contributed by atoms with Gasteiger partial charge in [-0.05, 0) is 54.8 Å². The predicted octanol–water partition coefficient (Wildman–Crippen LogP) is 7.47. The van der Waals surface area contributed by atoms with Gasteiger partial charge in [0, 0.05) is 0 Å². The predicted molar refractivity (Wildman–Crippen MR) is 99.0 cm³/mol. The van der Waals surface area contributed by atoms with Crippen LogP contribution in [0.15, 0.2) is 0 Å². The van der Waals surface area contributed by atoms with E-state index in [0.29, 0.717) is 0 Å². The molecule has 2 rings (SSSR count). The first-order valence-corrected chi connectivity index (χ1v) is 10.7. The van der Waals surface area contributed by atoms with Crippen molar-refractivity contribution >= 4 is 0 Å². The van der Waals surface area contributed by atoms with E-state index >= 15 is 0 Å². The molecular weight excluding hydrogens is 264 g/mol. The Kier molecular flexibility index (Phi) is 7.78. The molecule has 0 nitrogen and oxygen atoms in total. The minimum absolute atomic E-state index is 1.00. The van der Waals surface area contributed by atoms with Gasteiger partial charge in [0.15, 0.2) is 0 Å². The topological polar surface area (TPSA) is 0 Å². The molecule has 5 unspecified atom stereocenters. The summed E-state index contributed by atoms with van der Waals surface area (Å²) in [6.45, 7) is 9.73. The summed E-state index contributed by atoms with van der Waals surface area (Å²) in [5.41, 5.74) is 0. The SMILES string of the molecule is CCCCCCCCCC1C(CCC)C1C1CC(C)C[C@@H]1C. The van der Waals surface area contributed by atoms with Crippen LogP contribution in [0, 0.1) is 35.5 Å². The van der Waals surface area contributed by atoms with Crippen molar-refractivity contribution in [1.29, 1.82) is 0 Å². The van der Waals surface area contributed by atoms with Gasteiger partial charge in [0.05, 0.1) is 0 Å². The van der Waals surface area contributed by atoms with Crippen LogP contribution in [0.5, 0.6) is 0 Å². The molecule has 0 aromatic carbocycles. The second-order valence-corrected chi connectivity index (χ2v) is 8.82. The quantitative estimate of drug-likeness (QED) is 0.347. The number of unbranched alkanes of at least 4 members (excludes halogenated alkanes) is 6. The first-order chi connectivity index (χ1) is 10.7. The fourth-order valence-corrected chi connectivity index (χ4v) is 5.73. The summed E-state index contributed by atoms with van der Waals surface area (Å²) in [6.07, 6.45) is 17.8. The fraction of sp³-hybridized carbons (Fsp3) is 1.00. The molecule has 2 saturated carbocycles. The van der Waals surface area contributed by atoms with Gasteiger partial charge in [0.2, 0.25) is 0 Å². The molecule has 130 valence electrons. The third-order valence-electron chi connectivity index (χ3n) is 6.83. The Morgan fingerprint density at radius 2 is 1.32 bits per heavy atom. The Balaban J connectivity index is 1.66. The van der Waals surface area contributed by atoms with Gasteiger partial charge in [-0.3, -0.25) is 0 Å². The third-order valence-corrected chi connectivity index (χ3v) is 6.83. The maximum atomic E-state index is 2.54. The van der Waals surface area contributed by atoms with Crippen molar-refractivity contribution in [2.75, 3.05) is 0 Å². The zero-order valence-corrected chi connectivity index (χ0v) is 15.9. The molecule has 2 aliphatic carbocycles. The van der Waals surface area contributed by atoms with E-state index in [1.807, 2.05) is 0 Å². The maximum Gasteiger partial charge on any atom is -0.0321 e. The average Bonchev–Trinajstić information content (AvgIpc) is 3.05. The van der Waals surface area contributed by atoms with Gasteiger partial charge in [0.25, 0.3) is 0 Å². The van der Waals surface area contributed by atoms with Gasteiger partial charge in [-0.25, -0.2) is 0 Å². The van der Waals surface area contributed by atoms with Gasteiger partial charge in [0.1, 0.15) is 0 Å². The lowest BCUT2D eigenvalue weighted by Gasteiger charge is -2.15. The van der Waals surface area contributed by atoms with Crippen molar-refractivity contribution in [3.8, 4) is 0 Å².